The number of ether oxygens (including phenoxy) is 2. The Balaban J connectivity index is 1.74. The molecule has 0 amide bonds. The van der Waals surface area contributed by atoms with Crippen molar-refractivity contribution in [2.75, 3.05) is 7.11 Å². The second-order valence-electron chi connectivity index (χ2n) is 6.03. The number of benzene rings is 3. The standard InChI is InChI=1S/C22H18N2O3S/c1-26-21-20(25)23(16-8-4-2-5-9-16)22(28)24(21)17-12-14-19(15-13-17)27-18-10-6-3-7-11-18/h2-15,25H,1H3. The van der Waals surface area contributed by atoms with Crippen molar-refractivity contribution in [1.29, 1.82) is 0 Å². The van der Waals surface area contributed by atoms with Crippen molar-refractivity contribution < 1.29 is 14.6 Å². The lowest BCUT2D eigenvalue weighted by molar-refractivity contribution is 0.347. The van der Waals surface area contributed by atoms with Crippen LogP contribution in [0.1, 0.15) is 0 Å². The molecule has 6 heteroatoms. The van der Waals surface area contributed by atoms with Crippen LogP contribution in [0.3, 0.4) is 0 Å². The van der Waals surface area contributed by atoms with Crippen LogP contribution in [0.25, 0.3) is 11.4 Å². The van der Waals surface area contributed by atoms with Crippen molar-refractivity contribution in [3.63, 3.8) is 0 Å². The zero-order valence-electron chi connectivity index (χ0n) is 15.1. The van der Waals surface area contributed by atoms with E-state index < -0.39 is 0 Å². The zero-order valence-corrected chi connectivity index (χ0v) is 16.0. The molecule has 1 aromatic heterocycles. The molecule has 140 valence electrons. The topological polar surface area (TPSA) is 48.5 Å². The molecule has 5 nitrogen and oxygen atoms in total. The maximum atomic E-state index is 10.7. The Morgan fingerprint density at radius 3 is 1.86 bits per heavy atom. The number of hydrogen-bond acceptors (Lipinski definition) is 4. The molecule has 4 aromatic rings. The fraction of sp³-hybridized carbons (Fsp3) is 0.0455. The van der Waals surface area contributed by atoms with Gasteiger partial charge in [-0.15, -0.1) is 0 Å². The van der Waals surface area contributed by atoms with Crippen LogP contribution in [-0.4, -0.2) is 21.4 Å². The molecule has 0 unspecified atom stereocenters. The molecule has 0 saturated heterocycles. The van der Waals surface area contributed by atoms with Crippen LogP contribution in [0, 0.1) is 4.77 Å². The van der Waals surface area contributed by atoms with Crippen molar-refractivity contribution >= 4 is 12.2 Å². The van der Waals surface area contributed by atoms with Crippen molar-refractivity contribution in [3.8, 4) is 34.6 Å². The molecule has 3 aromatic carbocycles. The first kappa shape index (κ1) is 17.9. The molecule has 0 aliphatic carbocycles. The van der Waals surface area contributed by atoms with Crippen molar-refractivity contribution in [2.24, 2.45) is 0 Å². The van der Waals surface area contributed by atoms with Gasteiger partial charge in [-0.1, -0.05) is 36.4 Å². The average Bonchev–Trinajstić information content (AvgIpc) is 2.99. The van der Waals surface area contributed by atoms with Crippen LogP contribution < -0.4 is 9.47 Å². The van der Waals surface area contributed by atoms with Gasteiger partial charge in [0.2, 0.25) is 0 Å². The van der Waals surface area contributed by atoms with Crippen molar-refractivity contribution in [1.82, 2.24) is 9.13 Å². The summed E-state index contributed by atoms with van der Waals surface area (Å²) in [7, 11) is 1.50. The summed E-state index contributed by atoms with van der Waals surface area (Å²) in [6.45, 7) is 0. The van der Waals surface area contributed by atoms with Crippen LogP contribution in [-0.2, 0) is 0 Å². The molecule has 0 aliphatic rings. The van der Waals surface area contributed by atoms with Crippen LogP contribution in [0.5, 0.6) is 23.3 Å². The summed E-state index contributed by atoms with van der Waals surface area (Å²) in [6, 6.07) is 26.4. The van der Waals surface area contributed by atoms with E-state index in [1.54, 1.807) is 9.13 Å². The van der Waals surface area contributed by atoms with Gasteiger partial charge in [0, 0.05) is 0 Å². The van der Waals surface area contributed by atoms with Crippen molar-refractivity contribution in [2.45, 2.75) is 0 Å². The fourth-order valence-electron chi connectivity index (χ4n) is 2.98. The maximum absolute atomic E-state index is 10.7. The largest absolute Gasteiger partial charge is 0.490 e. The Morgan fingerprint density at radius 2 is 1.25 bits per heavy atom. The van der Waals surface area contributed by atoms with Gasteiger partial charge in [-0.25, -0.2) is 0 Å². The molecule has 28 heavy (non-hydrogen) atoms. The molecular weight excluding hydrogens is 372 g/mol. The highest BCUT2D eigenvalue weighted by Gasteiger charge is 2.20. The van der Waals surface area contributed by atoms with Gasteiger partial charge in [0.1, 0.15) is 11.5 Å². The van der Waals surface area contributed by atoms with Gasteiger partial charge in [0.05, 0.1) is 18.5 Å². The Bertz CT molecular complexity index is 1130. The Morgan fingerprint density at radius 1 is 0.714 bits per heavy atom. The molecule has 0 atom stereocenters. The van der Waals surface area contributed by atoms with E-state index >= 15 is 0 Å². The van der Waals surface area contributed by atoms with E-state index in [0.29, 0.717) is 10.5 Å². The third-order valence-electron chi connectivity index (χ3n) is 4.27. The molecule has 0 bridgehead atoms. The summed E-state index contributed by atoms with van der Waals surface area (Å²) in [5, 5.41) is 10.7. The van der Waals surface area contributed by atoms with E-state index in [1.807, 2.05) is 84.9 Å². The molecule has 0 saturated carbocycles. The number of hydrogen-bond donors (Lipinski definition) is 1. The highest BCUT2D eigenvalue weighted by atomic mass is 32.1. The monoisotopic (exact) mass is 390 g/mol. The summed E-state index contributed by atoms with van der Waals surface area (Å²) >= 11 is 5.62. The number of methoxy groups -OCH3 is 1. The Kier molecular flexibility index (Phi) is 4.87. The van der Waals surface area contributed by atoms with Gasteiger partial charge in [-0.05, 0) is 60.7 Å². The summed E-state index contributed by atoms with van der Waals surface area (Å²) in [6.07, 6.45) is 0. The predicted molar refractivity (Wildman–Crippen MR) is 111 cm³/mol. The Hall–Kier alpha value is -3.51. The van der Waals surface area contributed by atoms with E-state index in [1.165, 1.54) is 7.11 Å². The van der Waals surface area contributed by atoms with Crippen LogP contribution >= 0.6 is 12.2 Å². The maximum Gasteiger partial charge on any atom is 0.263 e. The second-order valence-corrected chi connectivity index (χ2v) is 6.40. The minimum atomic E-state index is -0.0525. The average molecular weight is 390 g/mol. The first-order valence-electron chi connectivity index (χ1n) is 8.68. The third-order valence-corrected chi connectivity index (χ3v) is 4.64. The molecule has 0 spiro atoms. The Labute approximate surface area is 167 Å². The van der Waals surface area contributed by atoms with Crippen LogP contribution in [0.4, 0.5) is 0 Å². The molecule has 1 heterocycles. The molecular formula is C22H18N2O3S. The number of nitrogens with zero attached hydrogens (tertiary/aromatic N) is 2. The summed E-state index contributed by atoms with van der Waals surface area (Å²) < 4.78 is 14.9. The summed E-state index contributed by atoms with van der Waals surface area (Å²) in [5.41, 5.74) is 1.51. The summed E-state index contributed by atoms with van der Waals surface area (Å²) in [5.74, 6) is 1.68. The van der Waals surface area contributed by atoms with Gasteiger partial charge >= 0.3 is 0 Å². The zero-order chi connectivity index (χ0) is 19.5. The molecule has 4 rings (SSSR count). The van der Waals surface area contributed by atoms with Crippen LogP contribution in [0.15, 0.2) is 84.9 Å². The summed E-state index contributed by atoms with van der Waals surface area (Å²) in [4.78, 5) is 0. The van der Waals surface area contributed by atoms with Gasteiger partial charge < -0.3 is 14.6 Å². The minimum Gasteiger partial charge on any atom is -0.490 e. The van der Waals surface area contributed by atoms with Gasteiger partial charge in [0.25, 0.3) is 11.8 Å². The molecule has 1 N–H and O–H groups in total. The lowest BCUT2D eigenvalue weighted by Crippen LogP contribution is -1.99. The quantitative estimate of drug-likeness (QED) is 0.457. The number of aromatic hydroxyl groups is 1. The van der Waals surface area contributed by atoms with Crippen LogP contribution in [0.2, 0.25) is 0 Å². The SMILES string of the molecule is COc1c(O)n(-c2ccccc2)c(=S)n1-c1ccc(Oc2ccccc2)cc1. The fourth-order valence-corrected chi connectivity index (χ4v) is 3.36. The van der Waals surface area contributed by atoms with Crippen molar-refractivity contribution in [3.05, 3.63) is 89.7 Å². The van der Waals surface area contributed by atoms with Gasteiger partial charge in [0.15, 0.2) is 4.77 Å². The van der Waals surface area contributed by atoms with E-state index in [4.69, 9.17) is 21.7 Å². The van der Waals surface area contributed by atoms with Gasteiger partial charge in [-0.3, -0.25) is 9.13 Å². The lowest BCUT2D eigenvalue weighted by Gasteiger charge is -2.09. The number of rotatable bonds is 5. The second kappa shape index (κ2) is 7.62. The van der Waals surface area contributed by atoms with E-state index in [9.17, 15) is 5.11 Å². The normalized spacial score (nSPS) is 10.6. The first-order valence-corrected chi connectivity index (χ1v) is 9.09. The number of para-hydroxylation sites is 2. The minimum absolute atomic E-state index is 0.0525. The predicted octanol–water partition coefficient (Wildman–Crippen LogP) is 5.50. The van der Waals surface area contributed by atoms with Gasteiger partial charge in [-0.2, -0.15) is 0 Å². The molecule has 0 radical (unpaired) electrons. The van der Waals surface area contributed by atoms with E-state index in [2.05, 4.69) is 0 Å². The molecule has 0 fully saturated rings. The van der Waals surface area contributed by atoms with E-state index in [-0.39, 0.29) is 11.8 Å². The number of aromatic nitrogens is 2. The highest BCUT2D eigenvalue weighted by Crippen LogP contribution is 2.35. The van der Waals surface area contributed by atoms with E-state index in [0.717, 1.165) is 17.1 Å². The first-order chi connectivity index (χ1) is 13.7. The lowest BCUT2D eigenvalue weighted by atomic mass is 10.3. The third kappa shape index (κ3) is 3.25. The highest BCUT2D eigenvalue weighted by molar-refractivity contribution is 7.71. The smallest absolute Gasteiger partial charge is 0.263 e. The molecule has 0 aliphatic heterocycles. The number of imidazole rings is 1.